The average molecular weight is 243 g/mol. The largest absolute Gasteiger partial charge is 0.378 e. The van der Waals surface area contributed by atoms with Crippen molar-refractivity contribution in [2.45, 2.75) is 12.5 Å². The predicted molar refractivity (Wildman–Crippen MR) is 64.6 cm³/mol. The smallest absolute Gasteiger partial charge is 0.228 e. The maximum atomic E-state index is 11.3. The Labute approximate surface area is 105 Å². The molecule has 1 unspecified atom stereocenters. The molecule has 0 saturated carbocycles. The summed E-state index contributed by atoms with van der Waals surface area (Å²) >= 11 is 0. The number of rotatable bonds is 2. The topological polar surface area (TPSA) is 88.1 Å². The maximum absolute atomic E-state index is 11.3. The van der Waals surface area contributed by atoms with E-state index in [1.54, 1.807) is 0 Å². The molecule has 1 saturated heterocycles. The van der Waals surface area contributed by atoms with Gasteiger partial charge in [-0.05, 0) is 17.2 Å². The van der Waals surface area contributed by atoms with Crippen molar-refractivity contribution < 1.29 is 9.53 Å². The van der Waals surface area contributed by atoms with E-state index in [2.05, 4.69) is 11.4 Å². The first-order chi connectivity index (χ1) is 8.64. The third-order valence-corrected chi connectivity index (χ3v) is 3.65. The van der Waals surface area contributed by atoms with E-state index >= 15 is 0 Å². The Bertz CT molecular complexity index is 558. The average Bonchev–Trinajstić information content (AvgIpc) is 2.67. The number of nitrogens with zero attached hydrogens (tertiary/aromatic N) is 1. The SMILES string of the molecule is N#CC1(C(N)c2ccc3c(c2)CC(=O)N3)COC1. The molecule has 2 aliphatic rings. The summed E-state index contributed by atoms with van der Waals surface area (Å²) in [6, 6.07) is 7.51. The molecule has 1 atom stereocenters. The van der Waals surface area contributed by atoms with Crippen LogP contribution < -0.4 is 11.1 Å². The molecule has 1 fully saturated rings. The van der Waals surface area contributed by atoms with Crippen molar-refractivity contribution in [1.29, 1.82) is 5.26 Å². The fourth-order valence-corrected chi connectivity index (χ4v) is 2.40. The molecular weight excluding hydrogens is 230 g/mol. The molecule has 18 heavy (non-hydrogen) atoms. The zero-order chi connectivity index (χ0) is 12.8. The van der Waals surface area contributed by atoms with E-state index in [0.717, 1.165) is 16.8 Å². The van der Waals surface area contributed by atoms with Crippen LogP contribution in [0.4, 0.5) is 5.69 Å². The van der Waals surface area contributed by atoms with Crippen molar-refractivity contribution in [3.05, 3.63) is 29.3 Å². The third-order valence-electron chi connectivity index (χ3n) is 3.65. The Morgan fingerprint density at radius 2 is 2.28 bits per heavy atom. The Balaban J connectivity index is 1.92. The number of nitrogens with one attached hydrogen (secondary N) is 1. The van der Waals surface area contributed by atoms with Gasteiger partial charge in [0.2, 0.25) is 5.91 Å². The third kappa shape index (κ3) is 1.50. The number of nitriles is 1. The molecule has 1 aromatic carbocycles. The monoisotopic (exact) mass is 243 g/mol. The summed E-state index contributed by atoms with van der Waals surface area (Å²) in [5.74, 6) is -0.00213. The van der Waals surface area contributed by atoms with E-state index in [1.165, 1.54) is 0 Å². The molecule has 0 spiro atoms. The van der Waals surface area contributed by atoms with E-state index in [9.17, 15) is 10.1 Å². The summed E-state index contributed by atoms with van der Waals surface area (Å²) < 4.78 is 5.11. The lowest BCUT2D eigenvalue weighted by atomic mass is 9.76. The molecular formula is C13H13N3O2. The molecule has 2 heterocycles. The highest BCUT2D eigenvalue weighted by molar-refractivity contribution is 5.99. The molecule has 0 radical (unpaired) electrons. The van der Waals surface area contributed by atoms with Crippen molar-refractivity contribution >= 4 is 11.6 Å². The molecule has 0 aliphatic carbocycles. The van der Waals surface area contributed by atoms with Gasteiger partial charge in [-0.3, -0.25) is 4.79 Å². The van der Waals surface area contributed by atoms with Gasteiger partial charge < -0.3 is 15.8 Å². The maximum Gasteiger partial charge on any atom is 0.228 e. The van der Waals surface area contributed by atoms with Gasteiger partial charge in [-0.25, -0.2) is 0 Å². The Kier molecular flexibility index (Phi) is 2.37. The highest BCUT2D eigenvalue weighted by Gasteiger charge is 2.45. The lowest BCUT2D eigenvalue weighted by Gasteiger charge is -2.39. The lowest BCUT2D eigenvalue weighted by molar-refractivity contribution is -0.115. The van der Waals surface area contributed by atoms with Crippen LogP contribution in [0.15, 0.2) is 18.2 Å². The first-order valence-corrected chi connectivity index (χ1v) is 5.82. The van der Waals surface area contributed by atoms with Gasteiger partial charge in [0.25, 0.3) is 0 Å². The quantitative estimate of drug-likeness (QED) is 0.801. The van der Waals surface area contributed by atoms with Gasteiger partial charge in [0.1, 0.15) is 5.41 Å². The molecule has 5 heteroatoms. The molecule has 92 valence electrons. The summed E-state index contributed by atoms with van der Waals surface area (Å²) in [5.41, 5.74) is 8.22. The second-order valence-corrected chi connectivity index (χ2v) is 4.88. The lowest BCUT2D eigenvalue weighted by Crippen LogP contribution is -2.49. The normalized spacial score (nSPS) is 21.4. The van der Waals surface area contributed by atoms with E-state index in [1.807, 2.05) is 18.2 Å². The number of ether oxygens (including phenoxy) is 1. The summed E-state index contributed by atoms with van der Waals surface area (Å²) in [7, 11) is 0. The van der Waals surface area contributed by atoms with Gasteiger partial charge >= 0.3 is 0 Å². The minimum atomic E-state index is -0.621. The number of carbonyl (C=O) groups is 1. The fourth-order valence-electron chi connectivity index (χ4n) is 2.40. The second-order valence-electron chi connectivity index (χ2n) is 4.88. The molecule has 0 bridgehead atoms. The van der Waals surface area contributed by atoms with Crippen molar-refractivity contribution in [2.24, 2.45) is 11.1 Å². The number of hydrogen-bond acceptors (Lipinski definition) is 4. The summed E-state index contributed by atoms with van der Waals surface area (Å²) in [4.78, 5) is 11.3. The first kappa shape index (κ1) is 11.2. The summed E-state index contributed by atoms with van der Waals surface area (Å²) in [6.45, 7) is 0.748. The van der Waals surface area contributed by atoms with Crippen LogP contribution in [0.3, 0.4) is 0 Å². The second kappa shape index (κ2) is 3.80. The molecule has 2 aliphatic heterocycles. The molecule has 0 aromatic heterocycles. The van der Waals surface area contributed by atoms with Crippen molar-refractivity contribution in [3.63, 3.8) is 0 Å². The van der Waals surface area contributed by atoms with E-state index in [0.29, 0.717) is 19.6 Å². The molecule has 3 rings (SSSR count). The highest BCUT2D eigenvalue weighted by atomic mass is 16.5. The number of hydrogen-bond donors (Lipinski definition) is 2. The minimum absolute atomic E-state index is 0.00213. The molecule has 1 aromatic rings. The Morgan fingerprint density at radius 3 is 2.89 bits per heavy atom. The van der Waals surface area contributed by atoms with Gasteiger partial charge in [0.05, 0.1) is 31.7 Å². The van der Waals surface area contributed by atoms with Gasteiger partial charge in [-0.15, -0.1) is 0 Å². The molecule has 1 amide bonds. The zero-order valence-electron chi connectivity index (χ0n) is 9.77. The summed E-state index contributed by atoms with van der Waals surface area (Å²) in [5, 5.41) is 12.0. The number of fused-ring (bicyclic) bond motifs is 1. The zero-order valence-corrected chi connectivity index (χ0v) is 9.77. The Morgan fingerprint density at radius 1 is 1.50 bits per heavy atom. The highest BCUT2D eigenvalue weighted by Crippen LogP contribution is 2.39. The van der Waals surface area contributed by atoms with Crippen LogP contribution in [0, 0.1) is 16.7 Å². The molecule has 5 nitrogen and oxygen atoms in total. The van der Waals surface area contributed by atoms with Crippen LogP contribution in [0.5, 0.6) is 0 Å². The van der Waals surface area contributed by atoms with Crippen LogP contribution in [-0.4, -0.2) is 19.1 Å². The van der Waals surface area contributed by atoms with Crippen molar-refractivity contribution in [3.8, 4) is 6.07 Å². The van der Waals surface area contributed by atoms with Crippen molar-refractivity contribution in [2.75, 3.05) is 18.5 Å². The number of benzene rings is 1. The predicted octanol–water partition coefficient (Wildman–Crippen LogP) is 0.721. The molecule has 3 N–H and O–H groups in total. The van der Waals surface area contributed by atoms with Crippen molar-refractivity contribution in [1.82, 2.24) is 0 Å². The number of carbonyl (C=O) groups excluding carboxylic acids is 1. The number of anilines is 1. The van der Waals surface area contributed by atoms with E-state index in [-0.39, 0.29) is 11.9 Å². The van der Waals surface area contributed by atoms with E-state index in [4.69, 9.17) is 10.5 Å². The van der Waals surface area contributed by atoms with Crippen LogP contribution in [-0.2, 0) is 16.0 Å². The van der Waals surface area contributed by atoms with E-state index < -0.39 is 5.41 Å². The van der Waals surface area contributed by atoms with Gasteiger partial charge in [-0.2, -0.15) is 5.26 Å². The Hall–Kier alpha value is -1.90. The van der Waals surface area contributed by atoms with Gasteiger partial charge in [-0.1, -0.05) is 12.1 Å². The van der Waals surface area contributed by atoms with Gasteiger partial charge in [0.15, 0.2) is 0 Å². The fraction of sp³-hybridized carbons (Fsp3) is 0.385. The minimum Gasteiger partial charge on any atom is -0.378 e. The first-order valence-electron chi connectivity index (χ1n) is 5.82. The van der Waals surface area contributed by atoms with Crippen LogP contribution in [0.25, 0.3) is 0 Å². The standard InChI is InChI=1S/C13H13N3O2/c14-5-13(6-18-7-13)12(15)8-1-2-10-9(3-8)4-11(17)16-10/h1-3,12H,4,6-7,15H2,(H,16,17). The number of amides is 1. The number of nitrogens with two attached hydrogens (primary N) is 1. The van der Waals surface area contributed by atoms with Gasteiger partial charge in [0, 0.05) is 5.69 Å². The van der Waals surface area contributed by atoms with Crippen LogP contribution in [0.2, 0.25) is 0 Å². The summed E-state index contributed by atoms with van der Waals surface area (Å²) in [6.07, 6.45) is 0.381. The van der Waals surface area contributed by atoms with Crippen LogP contribution in [0.1, 0.15) is 17.2 Å². The van der Waals surface area contributed by atoms with Crippen LogP contribution >= 0.6 is 0 Å².